The number of esters is 1. The fourth-order valence-electron chi connectivity index (χ4n) is 2.61. The fraction of sp³-hybridized carbons (Fsp3) is 0.263. The van der Waals surface area contributed by atoms with Crippen LogP contribution in [0.15, 0.2) is 51.7 Å². The lowest BCUT2D eigenvalue weighted by Crippen LogP contribution is -2.17. The third kappa shape index (κ3) is 3.40. The lowest BCUT2D eigenvalue weighted by Gasteiger charge is -2.09. The van der Waals surface area contributed by atoms with Crippen LogP contribution in [0.25, 0.3) is 11.1 Å². The van der Waals surface area contributed by atoms with Crippen LogP contribution in [0.1, 0.15) is 23.1 Å². The van der Waals surface area contributed by atoms with E-state index in [9.17, 15) is 9.59 Å². The van der Waals surface area contributed by atoms with E-state index in [1.165, 1.54) is 4.57 Å². The second kappa shape index (κ2) is 6.74. The van der Waals surface area contributed by atoms with Crippen LogP contribution in [0.2, 0.25) is 0 Å². The molecule has 0 saturated heterocycles. The van der Waals surface area contributed by atoms with Gasteiger partial charge in [-0.2, -0.15) is 0 Å². The summed E-state index contributed by atoms with van der Waals surface area (Å²) in [5.74, 6) is -0.799. The van der Waals surface area contributed by atoms with Gasteiger partial charge in [0, 0.05) is 6.54 Å². The molecule has 124 valence electrons. The second-order valence-electron chi connectivity index (χ2n) is 5.83. The number of aromatic nitrogens is 1. The van der Waals surface area contributed by atoms with Crippen molar-refractivity contribution in [3.05, 3.63) is 69.7 Å². The molecule has 0 atom stereocenters. The second-order valence-corrected chi connectivity index (χ2v) is 5.83. The van der Waals surface area contributed by atoms with E-state index in [4.69, 9.17) is 9.15 Å². The van der Waals surface area contributed by atoms with E-state index >= 15 is 0 Å². The van der Waals surface area contributed by atoms with Crippen LogP contribution in [-0.2, 0) is 22.7 Å². The Morgan fingerprint density at radius 2 is 1.96 bits per heavy atom. The van der Waals surface area contributed by atoms with Gasteiger partial charge in [0.05, 0.1) is 11.9 Å². The molecule has 0 amide bonds. The zero-order valence-electron chi connectivity index (χ0n) is 13.7. The summed E-state index contributed by atoms with van der Waals surface area (Å²) in [4.78, 5) is 23.8. The summed E-state index contributed by atoms with van der Waals surface area (Å²) >= 11 is 0. The van der Waals surface area contributed by atoms with Gasteiger partial charge in [-0.15, -0.1) is 0 Å². The van der Waals surface area contributed by atoms with E-state index in [0.717, 1.165) is 16.7 Å². The maximum Gasteiger partial charge on any atom is 0.419 e. The Morgan fingerprint density at radius 3 is 2.79 bits per heavy atom. The number of hydrogen-bond donors (Lipinski definition) is 0. The van der Waals surface area contributed by atoms with Gasteiger partial charge in [0.15, 0.2) is 5.58 Å². The Balaban J connectivity index is 1.62. The number of hydrogen-bond acceptors (Lipinski definition) is 4. The summed E-state index contributed by atoms with van der Waals surface area (Å²) in [5, 5.41) is 0. The molecule has 0 aliphatic heterocycles. The van der Waals surface area contributed by atoms with Crippen molar-refractivity contribution in [3.8, 4) is 0 Å². The van der Waals surface area contributed by atoms with Gasteiger partial charge >= 0.3 is 11.7 Å². The van der Waals surface area contributed by atoms with Crippen molar-refractivity contribution >= 4 is 17.1 Å². The van der Waals surface area contributed by atoms with Crippen LogP contribution in [0.5, 0.6) is 0 Å². The Labute approximate surface area is 139 Å². The molecule has 0 aliphatic carbocycles. The molecule has 0 bridgehead atoms. The smallest absolute Gasteiger partial charge is 0.419 e. The minimum Gasteiger partial charge on any atom is -0.461 e. The summed E-state index contributed by atoms with van der Waals surface area (Å²) in [7, 11) is 0. The summed E-state index contributed by atoms with van der Waals surface area (Å²) < 4.78 is 11.9. The number of aryl methyl sites for hydroxylation is 3. The van der Waals surface area contributed by atoms with Crippen LogP contribution >= 0.6 is 0 Å². The minimum absolute atomic E-state index is 0.119. The van der Waals surface area contributed by atoms with Gasteiger partial charge in [0.25, 0.3) is 0 Å². The van der Waals surface area contributed by atoms with Crippen LogP contribution in [0.3, 0.4) is 0 Å². The van der Waals surface area contributed by atoms with Crippen molar-refractivity contribution in [3.63, 3.8) is 0 Å². The predicted octanol–water partition coefficient (Wildman–Crippen LogP) is 3.34. The highest BCUT2D eigenvalue weighted by Crippen LogP contribution is 2.14. The molecular weight excluding hydrogens is 306 g/mol. The quantitative estimate of drug-likeness (QED) is 0.675. The third-order valence-corrected chi connectivity index (χ3v) is 4.01. The minimum atomic E-state index is -0.460. The summed E-state index contributed by atoms with van der Waals surface area (Å²) in [6.45, 7) is 4.47. The molecular formula is C19H19NO4. The lowest BCUT2D eigenvalue weighted by molar-refractivity contribution is -0.145. The summed E-state index contributed by atoms with van der Waals surface area (Å²) in [5.41, 5.74) is 4.42. The average molecular weight is 325 g/mol. The van der Waals surface area contributed by atoms with Gasteiger partial charge in [-0.25, -0.2) is 4.79 Å². The molecule has 0 unspecified atom stereocenters. The first-order valence-electron chi connectivity index (χ1n) is 7.85. The van der Waals surface area contributed by atoms with Gasteiger partial charge in [-0.05, 0) is 37.1 Å². The van der Waals surface area contributed by atoms with Crippen molar-refractivity contribution in [1.82, 2.24) is 4.57 Å². The van der Waals surface area contributed by atoms with Crippen LogP contribution in [0, 0.1) is 13.8 Å². The monoisotopic (exact) mass is 325 g/mol. The van der Waals surface area contributed by atoms with Gasteiger partial charge in [-0.3, -0.25) is 9.36 Å². The fourth-order valence-corrected chi connectivity index (χ4v) is 2.61. The average Bonchev–Trinajstić information content (AvgIpc) is 2.89. The van der Waals surface area contributed by atoms with E-state index in [0.29, 0.717) is 11.1 Å². The van der Waals surface area contributed by atoms with Gasteiger partial charge in [0.2, 0.25) is 0 Å². The number of rotatable bonds is 5. The first-order chi connectivity index (χ1) is 11.5. The molecule has 0 spiro atoms. The maximum atomic E-state index is 12.0. The molecule has 0 N–H and O–H groups in total. The number of carbonyl (C=O) groups excluding carboxylic acids is 1. The molecule has 24 heavy (non-hydrogen) atoms. The van der Waals surface area contributed by atoms with Crippen LogP contribution in [0.4, 0.5) is 0 Å². The Kier molecular flexibility index (Phi) is 4.51. The van der Waals surface area contributed by atoms with Crippen LogP contribution < -0.4 is 5.76 Å². The van der Waals surface area contributed by atoms with E-state index in [1.807, 2.05) is 38.1 Å². The first-order valence-corrected chi connectivity index (χ1v) is 7.85. The molecule has 2 aromatic carbocycles. The number of carbonyl (C=O) groups is 1. The summed E-state index contributed by atoms with van der Waals surface area (Å²) in [6, 6.07) is 13.2. The van der Waals surface area contributed by atoms with Crippen molar-refractivity contribution in [2.45, 2.75) is 33.4 Å². The lowest BCUT2D eigenvalue weighted by atomic mass is 10.1. The molecule has 0 fully saturated rings. The Bertz CT molecular complexity index is 936. The number of oxazole rings is 1. The van der Waals surface area contributed by atoms with Gasteiger partial charge in [0.1, 0.15) is 6.61 Å². The third-order valence-electron chi connectivity index (χ3n) is 4.01. The molecule has 5 heteroatoms. The Hall–Kier alpha value is -2.82. The highest BCUT2D eigenvalue weighted by atomic mass is 16.5. The number of para-hydroxylation sites is 2. The van der Waals surface area contributed by atoms with Crippen molar-refractivity contribution in [2.75, 3.05) is 0 Å². The van der Waals surface area contributed by atoms with Crippen LogP contribution in [-0.4, -0.2) is 10.5 Å². The molecule has 3 rings (SSSR count). The molecule has 5 nitrogen and oxygen atoms in total. The Morgan fingerprint density at radius 1 is 1.17 bits per heavy atom. The molecule has 0 saturated carbocycles. The van der Waals surface area contributed by atoms with Gasteiger partial charge < -0.3 is 9.15 Å². The normalized spacial score (nSPS) is 10.9. The van der Waals surface area contributed by atoms with E-state index in [2.05, 4.69) is 0 Å². The van der Waals surface area contributed by atoms with Crippen molar-refractivity contribution < 1.29 is 13.9 Å². The number of benzene rings is 2. The van der Waals surface area contributed by atoms with E-state index < -0.39 is 5.76 Å². The zero-order valence-corrected chi connectivity index (χ0v) is 13.7. The topological polar surface area (TPSA) is 61.4 Å². The number of ether oxygens (including phenoxy) is 1. The molecule has 1 aromatic heterocycles. The predicted molar refractivity (Wildman–Crippen MR) is 90.8 cm³/mol. The molecule has 0 aliphatic rings. The zero-order chi connectivity index (χ0) is 17.1. The molecule has 0 radical (unpaired) electrons. The van der Waals surface area contributed by atoms with E-state index in [1.54, 1.807) is 18.2 Å². The molecule has 1 heterocycles. The summed E-state index contributed by atoms with van der Waals surface area (Å²) in [6.07, 6.45) is 0.119. The van der Waals surface area contributed by atoms with Crippen molar-refractivity contribution in [2.24, 2.45) is 0 Å². The molecule has 3 aromatic rings. The highest BCUT2D eigenvalue weighted by molar-refractivity contribution is 5.73. The number of nitrogens with zero attached hydrogens (tertiary/aromatic N) is 1. The van der Waals surface area contributed by atoms with E-state index in [-0.39, 0.29) is 25.5 Å². The maximum absolute atomic E-state index is 12.0. The van der Waals surface area contributed by atoms with Crippen molar-refractivity contribution in [1.29, 1.82) is 0 Å². The first kappa shape index (κ1) is 16.1. The number of fused-ring (bicyclic) bond motifs is 1. The highest BCUT2D eigenvalue weighted by Gasteiger charge is 2.11. The van der Waals surface area contributed by atoms with Gasteiger partial charge in [-0.1, -0.05) is 35.9 Å². The SMILES string of the molecule is Cc1ccc(C)c(COC(=O)CCn2c(=O)oc3ccccc32)c1. The largest absolute Gasteiger partial charge is 0.461 e. The standard InChI is InChI=1S/C19H19NO4/c1-13-7-8-14(2)15(11-13)12-23-18(21)9-10-20-16-5-3-4-6-17(16)24-19(20)22/h3-8,11H,9-10,12H2,1-2H3.